The van der Waals surface area contributed by atoms with E-state index in [0.717, 1.165) is 17.5 Å². The number of aromatic amines is 1. The van der Waals surface area contributed by atoms with Gasteiger partial charge in [-0.25, -0.2) is 0 Å². The van der Waals surface area contributed by atoms with Crippen molar-refractivity contribution in [3.63, 3.8) is 0 Å². The second-order valence-corrected chi connectivity index (χ2v) is 8.30. The highest BCUT2D eigenvalue weighted by Gasteiger charge is 2.25. The van der Waals surface area contributed by atoms with Crippen molar-refractivity contribution < 1.29 is 9.59 Å². The number of hydrogen-bond donors (Lipinski definition) is 1. The molecule has 5 nitrogen and oxygen atoms in total. The molecule has 0 saturated carbocycles. The number of hydrogen-bond acceptors (Lipinski definition) is 2. The van der Waals surface area contributed by atoms with E-state index < -0.39 is 0 Å². The van der Waals surface area contributed by atoms with Gasteiger partial charge in [0, 0.05) is 37.9 Å². The topological polar surface area (TPSA) is 56.4 Å². The van der Waals surface area contributed by atoms with E-state index >= 15 is 0 Å². The van der Waals surface area contributed by atoms with Gasteiger partial charge >= 0.3 is 0 Å². The Labute approximate surface area is 161 Å². The van der Waals surface area contributed by atoms with E-state index in [4.69, 9.17) is 0 Å². The van der Waals surface area contributed by atoms with Crippen LogP contribution in [0.25, 0.3) is 0 Å². The van der Waals surface area contributed by atoms with Crippen LogP contribution in [0, 0.1) is 6.92 Å². The minimum Gasteiger partial charge on any atom is -0.357 e. The summed E-state index contributed by atoms with van der Waals surface area (Å²) in [4.78, 5) is 32.3. The molecule has 0 spiro atoms. The minimum absolute atomic E-state index is 0.00000894. The lowest BCUT2D eigenvalue weighted by molar-refractivity contribution is 0.0715. The van der Waals surface area contributed by atoms with Crippen LogP contribution >= 0.6 is 0 Å². The molecular formula is C22H29N3O2. The summed E-state index contributed by atoms with van der Waals surface area (Å²) >= 11 is 0. The largest absolute Gasteiger partial charge is 0.357 e. The predicted octanol–water partition coefficient (Wildman–Crippen LogP) is 3.61. The van der Waals surface area contributed by atoms with Crippen molar-refractivity contribution in [2.75, 3.05) is 26.2 Å². The van der Waals surface area contributed by atoms with E-state index in [-0.39, 0.29) is 17.2 Å². The molecule has 1 aromatic carbocycles. The third-order valence-corrected chi connectivity index (χ3v) is 5.22. The molecule has 1 saturated heterocycles. The molecule has 2 heterocycles. The quantitative estimate of drug-likeness (QED) is 0.881. The predicted molar refractivity (Wildman–Crippen MR) is 107 cm³/mol. The first-order chi connectivity index (χ1) is 12.8. The number of nitrogens with one attached hydrogen (secondary N) is 1. The Balaban J connectivity index is 1.70. The minimum atomic E-state index is 0.00000894. The van der Waals surface area contributed by atoms with Crippen molar-refractivity contribution in [1.29, 1.82) is 0 Å². The Kier molecular flexibility index (Phi) is 5.40. The Morgan fingerprint density at radius 1 is 0.963 bits per heavy atom. The maximum atomic E-state index is 13.1. The maximum Gasteiger partial charge on any atom is 0.270 e. The molecule has 1 fully saturated rings. The number of benzene rings is 1. The molecule has 1 aromatic heterocycles. The lowest BCUT2D eigenvalue weighted by Gasteiger charge is -2.24. The normalized spacial score (nSPS) is 15.6. The average Bonchev–Trinajstić information content (AvgIpc) is 3.04. The van der Waals surface area contributed by atoms with Crippen LogP contribution in [0.3, 0.4) is 0 Å². The number of carbonyl (C=O) groups is 2. The summed E-state index contributed by atoms with van der Waals surface area (Å²) < 4.78 is 0. The third kappa shape index (κ3) is 4.24. The van der Waals surface area contributed by atoms with Crippen molar-refractivity contribution in [1.82, 2.24) is 14.8 Å². The van der Waals surface area contributed by atoms with Gasteiger partial charge in [-0.05, 0) is 48.1 Å². The number of aryl methyl sites for hydroxylation is 1. The van der Waals surface area contributed by atoms with Gasteiger partial charge in [-0.1, -0.05) is 32.9 Å². The first-order valence-electron chi connectivity index (χ1n) is 9.60. The highest BCUT2D eigenvalue weighted by molar-refractivity contribution is 5.96. The summed E-state index contributed by atoms with van der Waals surface area (Å²) in [6, 6.07) is 9.73. The number of aromatic nitrogens is 1. The number of carbonyl (C=O) groups excluding carboxylic acids is 2. The van der Waals surface area contributed by atoms with E-state index in [1.165, 1.54) is 5.56 Å². The van der Waals surface area contributed by atoms with E-state index in [0.29, 0.717) is 31.9 Å². The van der Waals surface area contributed by atoms with Gasteiger partial charge in [0.1, 0.15) is 5.69 Å². The van der Waals surface area contributed by atoms with Crippen molar-refractivity contribution in [3.05, 3.63) is 58.9 Å². The number of H-pyrrole nitrogens is 1. The summed E-state index contributed by atoms with van der Waals surface area (Å²) in [5.74, 6) is 0.0575. The van der Waals surface area contributed by atoms with Crippen LogP contribution in [0.1, 0.15) is 59.2 Å². The Hall–Kier alpha value is -2.56. The molecule has 1 aliphatic heterocycles. The standard InChI is InChI=1S/C22H29N3O2/c1-16-15-17(22(2,3)4)8-9-18(16)20(26)24-11-6-12-25(14-13-24)21(27)19-7-5-10-23-19/h5,7-10,15,23H,6,11-14H2,1-4H3. The second-order valence-electron chi connectivity index (χ2n) is 8.30. The molecule has 0 bridgehead atoms. The number of rotatable bonds is 2. The average molecular weight is 367 g/mol. The summed E-state index contributed by atoms with van der Waals surface area (Å²) in [5.41, 5.74) is 3.66. The SMILES string of the molecule is Cc1cc(C(C)(C)C)ccc1C(=O)N1CCCN(C(=O)c2ccc[nH]2)CC1. The number of nitrogens with zero attached hydrogens (tertiary/aromatic N) is 2. The molecule has 0 unspecified atom stereocenters. The first kappa shape index (κ1) is 19.2. The Morgan fingerprint density at radius 2 is 1.63 bits per heavy atom. The number of amides is 2. The zero-order valence-corrected chi connectivity index (χ0v) is 16.7. The third-order valence-electron chi connectivity index (χ3n) is 5.22. The van der Waals surface area contributed by atoms with E-state index in [1.807, 2.05) is 28.9 Å². The lowest BCUT2D eigenvalue weighted by Crippen LogP contribution is -2.37. The Bertz CT molecular complexity index is 819. The lowest BCUT2D eigenvalue weighted by atomic mass is 9.85. The van der Waals surface area contributed by atoms with Crippen LogP contribution in [0.5, 0.6) is 0 Å². The van der Waals surface area contributed by atoms with Gasteiger partial charge in [0.15, 0.2) is 0 Å². The van der Waals surface area contributed by atoms with Crippen molar-refractivity contribution in [3.8, 4) is 0 Å². The zero-order valence-electron chi connectivity index (χ0n) is 16.7. The highest BCUT2D eigenvalue weighted by Crippen LogP contribution is 2.25. The Morgan fingerprint density at radius 3 is 2.19 bits per heavy atom. The van der Waals surface area contributed by atoms with Crippen LogP contribution in [-0.4, -0.2) is 52.8 Å². The molecule has 0 atom stereocenters. The first-order valence-corrected chi connectivity index (χ1v) is 9.60. The molecule has 5 heteroatoms. The van der Waals surface area contributed by atoms with Crippen molar-refractivity contribution in [2.24, 2.45) is 0 Å². The molecule has 27 heavy (non-hydrogen) atoms. The van der Waals surface area contributed by atoms with Crippen LogP contribution < -0.4 is 0 Å². The summed E-state index contributed by atoms with van der Waals surface area (Å²) in [5, 5.41) is 0. The molecule has 2 amide bonds. The molecule has 0 aliphatic carbocycles. The van der Waals surface area contributed by atoms with Crippen LogP contribution in [0.15, 0.2) is 36.5 Å². The van der Waals surface area contributed by atoms with E-state index in [9.17, 15) is 9.59 Å². The molecule has 144 valence electrons. The van der Waals surface area contributed by atoms with Crippen molar-refractivity contribution >= 4 is 11.8 Å². The molecular weight excluding hydrogens is 338 g/mol. The fraction of sp³-hybridized carbons (Fsp3) is 0.455. The van der Waals surface area contributed by atoms with Gasteiger partial charge in [0.2, 0.25) is 0 Å². The van der Waals surface area contributed by atoms with Crippen molar-refractivity contribution in [2.45, 2.75) is 39.5 Å². The van der Waals surface area contributed by atoms with E-state index in [1.54, 1.807) is 12.3 Å². The summed E-state index contributed by atoms with van der Waals surface area (Å²) in [6.45, 7) is 11.0. The van der Waals surface area contributed by atoms with Crippen LogP contribution in [0.2, 0.25) is 0 Å². The smallest absolute Gasteiger partial charge is 0.270 e. The van der Waals surface area contributed by atoms with Crippen LogP contribution in [-0.2, 0) is 5.41 Å². The highest BCUT2D eigenvalue weighted by atomic mass is 16.2. The van der Waals surface area contributed by atoms with Gasteiger partial charge in [-0.2, -0.15) is 0 Å². The molecule has 0 radical (unpaired) electrons. The molecule has 1 N–H and O–H groups in total. The van der Waals surface area contributed by atoms with Gasteiger partial charge in [0.25, 0.3) is 11.8 Å². The molecule has 3 rings (SSSR count). The summed E-state index contributed by atoms with van der Waals surface area (Å²) in [6.07, 6.45) is 2.54. The molecule has 2 aromatic rings. The fourth-order valence-electron chi connectivity index (χ4n) is 3.50. The zero-order chi connectivity index (χ0) is 19.6. The van der Waals surface area contributed by atoms with Crippen LogP contribution in [0.4, 0.5) is 0 Å². The molecule has 1 aliphatic rings. The maximum absolute atomic E-state index is 13.1. The monoisotopic (exact) mass is 367 g/mol. The van der Waals surface area contributed by atoms with Gasteiger partial charge in [0.05, 0.1) is 0 Å². The fourth-order valence-corrected chi connectivity index (χ4v) is 3.50. The van der Waals surface area contributed by atoms with Gasteiger partial charge < -0.3 is 14.8 Å². The van der Waals surface area contributed by atoms with Gasteiger partial charge in [-0.15, -0.1) is 0 Å². The second kappa shape index (κ2) is 7.59. The summed E-state index contributed by atoms with van der Waals surface area (Å²) in [7, 11) is 0. The van der Waals surface area contributed by atoms with E-state index in [2.05, 4.69) is 37.9 Å². The van der Waals surface area contributed by atoms with Gasteiger partial charge in [-0.3, -0.25) is 9.59 Å².